The lowest BCUT2D eigenvalue weighted by Crippen LogP contribution is -2.47. The second-order valence-electron chi connectivity index (χ2n) is 5.29. The molecule has 3 rings (SSSR count). The zero-order chi connectivity index (χ0) is 15.7. The summed E-state index contributed by atoms with van der Waals surface area (Å²) < 4.78 is 0. The number of fused-ring (bicyclic) bond motifs is 1. The first-order chi connectivity index (χ1) is 10.5. The molecule has 1 amide bonds. The van der Waals surface area contributed by atoms with E-state index in [0.29, 0.717) is 11.1 Å². The van der Waals surface area contributed by atoms with Gasteiger partial charge < -0.3 is 19.9 Å². The minimum Gasteiger partial charge on any atom is -0.550 e. The van der Waals surface area contributed by atoms with Crippen LogP contribution in [0.4, 0.5) is 0 Å². The highest BCUT2D eigenvalue weighted by atomic mass is 16.4. The molecule has 1 aliphatic heterocycles. The van der Waals surface area contributed by atoms with E-state index < -0.39 is 18.1 Å². The molecular weight excluding hydrogens is 282 g/mol. The van der Waals surface area contributed by atoms with Crippen LogP contribution in [0.3, 0.4) is 0 Å². The maximum Gasteiger partial charge on any atom is 0.257 e. The lowest BCUT2D eigenvalue weighted by Gasteiger charge is -2.34. The van der Waals surface area contributed by atoms with Gasteiger partial charge >= 0.3 is 0 Å². The molecule has 1 heterocycles. The van der Waals surface area contributed by atoms with E-state index in [-0.39, 0.29) is 12.5 Å². The molecule has 1 aliphatic rings. The molecule has 5 nitrogen and oxygen atoms in total. The summed E-state index contributed by atoms with van der Waals surface area (Å²) in [6.45, 7) is 0.123. The van der Waals surface area contributed by atoms with Crippen molar-refractivity contribution < 1.29 is 19.8 Å². The number of aliphatic carboxylic acids is 1. The smallest absolute Gasteiger partial charge is 0.257 e. The van der Waals surface area contributed by atoms with Gasteiger partial charge in [-0.1, -0.05) is 48.5 Å². The average Bonchev–Trinajstić information content (AvgIpc) is 2.70. The van der Waals surface area contributed by atoms with Crippen LogP contribution < -0.4 is 5.11 Å². The van der Waals surface area contributed by atoms with Crippen LogP contribution in [-0.4, -0.2) is 21.9 Å². The van der Waals surface area contributed by atoms with Crippen molar-refractivity contribution in [3.63, 3.8) is 0 Å². The zero-order valence-electron chi connectivity index (χ0n) is 11.7. The van der Waals surface area contributed by atoms with Crippen LogP contribution in [0.15, 0.2) is 54.6 Å². The van der Waals surface area contributed by atoms with Gasteiger partial charge in [-0.05, 0) is 11.6 Å². The largest absolute Gasteiger partial charge is 0.550 e. The van der Waals surface area contributed by atoms with Gasteiger partial charge in [0.2, 0.25) is 0 Å². The first-order valence-corrected chi connectivity index (χ1v) is 6.90. The molecule has 0 saturated carbocycles. The third-order valence-corrected chi connectivity index (χ3v) is 3.85. The van der Waals surface area contributed by atoms with E-state index in [9.17, 15) is 19.8 Å². The second kappa shape index (κ2) is 5.27. The first kappa shape index (κ1) is 14.3. The number of nitrogens with zero attached hydrogens (tertiary/aromatic N) is 1. The molecule has 0 bridgehead atoms. The SMILES string of the molecule is O=C([O-])C[C@]1(O)c2ccccc2C(=O)N1Cc1ccccc1. The highest BCUT2D eigenvalue weighted by Crippen LogP contribution is 2.40. The number of hydrogen-bond donors (Lipinski definition) is 1. The number of rotatable bonds is 4. The summed E-state index contributed by atoms with van der Waals surface area (Å²) in [6, 6.07) is 15.6. The van der Waals surface area contributed by atoms with Gasteiger partial charge in [-0.2, -0.15) is 0 Å². The van der Waals surface area contributed by atoms with Crippen molar-refractivity contribution in [3.05, 3.63) is 71.3 Å². The van der Waals surface area contributed by atoms with Gasteiger partial charge in [-0.25, -0.2) is 0 Å². The van der Waals surface area contributed by atoms with Crippen LogP contribution in [0.25, 0.3) is 0 Å². The molecule has 0 fully saturated rings. The standard InChI is InChI=1S/C17H15NO4/c19-15(20)10-17(22)14-9-5-4-8-13(14)16(21)18(17)11-12-6-2-1-3-7-12/h1-9,22H,10-11H2,(H,19,20)/p-1/t17-/m0/s1. The first-order valence-electron chi connectivity index (χ1n) is 6.90. The fourth-order valence-corrected chi connectivity index (χ4v) is 2.84. The molecule has 112 valence electrons. The molecular formula is C17H14NO4-. The number of carboxylic acids is 1. The summed E-state index contributed by atoms with van der Waals surface area (Å²) in [5.74, 6) is -1.80. The lowest BCUT2D eigenvalue weighted by molar-refractivity contribution is -0.312. The monoisotopic (exact) mass is 296 g/mol. The molecule has 0 aromatic heterocycles. The molecule has 22 heavy (non-hydrogen) atoms. The fourth-order valence-electron chi connectivity index (χ4n) is 2.84. The Kier molecular flexibility index (Phi) is 3.42. The molecule has 0 radical (unpaired) electrons. The van der Waals surface area contributed by atoms with E-state index in [4.69, 9.17) is 0 Å². The van der Waals surface area contributed by atoms with Gasteiger partial charge in [-0.15, -0.1) is 0 Å². The highest BCUT2D eigenvalue weighted by Gasteiger charge is 2.48. The number of carbonyl (C=O) groups is 2. The minimum absolute atomic E-state index is 0.123. The summed E-state index contributed by atoms with van der Waals surface area (Å²) >= 11 is 0. The Morgan fingerprint density at radius 1 is 1.09 bits per heavy atom. The predicted octanol–water partition coefficient (Wildman–Crippen LogP) is 0.628. The summed E-state index contributed by atoms with van der Waals surface area (Å²) in [4.78, 5) is 24.8. The number of carbonyl (C=O) groups excluding carboxylic acids is 2. The number of aliphatic hydroxyl groups is 1. The van der Waals surface area contributed by atoms with E-state index >= 15 is 0 Å². The third-order valence-electron chi connectivity index (χ3n) is 3.85. The third kappa shape index (κ3) is 2.25. The normalized spacial score (nSPS) is 20.0. The Morgan fingerprint density at radius 3 is 2.41 bits per heavy atom. The van der Waals surface area contributed by atoms with E-state index in [1.807, 2.05) is 30.3 Å². The molecule has 1 atom stereocenters. The van der Waals surface area contributed by atoms with Gasteiger partial charge in [0.25, 0.3) is 5.91 Å². The maximum atomic E-state index is 12.6. The second-order valence-corrected chi connectivity index (χ2v) is 5.29. The molecule has 2 aromatic rings. The van der Waals surface area contributed by atoms with Crippen LogP contribution in [0.5, 0.6) is 0 Å². The van der Waals surface area contributed by atoms with Crippen LogP contribution in [0.1, 0.15) is 27.9 Å². The van der Waals surface area contributed by atoms with Crippen LogP contribution in [0, 0.1) is 0 Å². The fraction of sp³-hybridized carbons (Fsp3) is 0.176. The van der Waals surface area contributed by atoms with E-state index in [1.54, 1.807) is 24.3 Å². The van der Waals surface area contributed by atoms with Crippen LogP contribution in [0.2, 0.25) is 0 Å². The lowest BCUT2D eigenvalue weighted by atomic mass is 9.98. The summed E-state index contributed by atoms with van der Waals surface area (Å²) in [6.07, 6.45) is -0.664. The van der Waals surface area contributed by atoms with Crippen molar-refractivity contribution in [2.75, 3.05) is 0 Å². The Balaban J connectivity index is 2.04. The molecule has 1 N–H and O–H groups in total. The van der Waals surface area contributed by atoms with Crippen molar-refractivity contribution in [1.82, 2.24) is 4.90 Å². The van der Waals surface area contributed by atoms with Crippen molar-refractivity contribution in [3.8, 4) is 0 Å². The Morgan fingerprint density at radius 2 is 1.73 bits per heavy atom. The molecule has 0 aliphatic carbocycles. The minimum atomic E-state index is -1.89. The molecule has 2 aromatic carbocycles. The van der Waals surface area contributed by atoms with E-state index in [1.165, 1.54) is 4.90 Å². The number of carboxylic acid groups (broad SMARTS) is 1. The zero-order valence-corrected chi connectivity index (χ0v) is 11.7. The number of benzene rings is 2. The number of hydrogen-bond acceptors (Lipinski definition) is 4. The van der Waals surface area contributed by atoms with Gasteiger partial charge in [0.15, 0.2) is 5.72 Å². The highest BCUT2D eigenvalue weighted by molar-refractivity contribution is 6.00. The average molecular weight is 296 g/mol. The molecule has 5 heteroatoms. The maximum absolute atomic E-state index is 12.6. The van der Waals surface area contributed by atoms with Crippen molar-refractivity contribution >= 4 is 11.9 Å². The topological polar surface area (TPSA) is 80.7 Å². The molecule has 0 spiro atoms. The summed E-state index contributed by atoms with van der Waals surface area (Å²) in [7, 11) is 0. The van der Waals surface area contributed by atoms with Gasteiger partial charge in [0.05, 0.1) is 0 Å². The number of amides is 1. The van der Waals surface area contributed by atoms with Crippen LogP contribution in [-0.2, 0) is 17.1 Å². The van der Waals surface area contributed by atoms with Crippen LogP contribution >= 0.6 is 0 Å². The summed E-state index contributed by atoms with van der Waals surface area (Å²) in [5.41, 5.74) is -0.453. The van der Waals surface area contributed by atoms with E-state index in [2.05, 4.69) is 0 Å². The molecule has 0 unspecified atom stereocenters. The predicted molar refractivity (Wildman–Crippen MR) is 76.3 cm³/mol. The van der Waals surface area contributed by atoms with Crippen molar-refractivity contribution in [1.29, 1.82) is 0 Å². The Hall–Kier alpha value is -2.66. The Labute approximate surface area is 127 Å². The quantitative estimate of drug-likeness (QED) is 0.897. The Bertz CT molecular complexity index is 728. The van der Waals surface area contributed by atoms with Crippen molar-refractivity contribution in [2.45, 2.75) is 18.7 Å². The van der Waals surface area contributed by atoms with Crippen molar-refractivity contribution in [2.24, 2.45) is 0 Å². The van der Waals surface area contributed by atoms with Gasteiger partial charge in [-0.3, -0.25) is 4.79 Å². The van der Waals surface area contributed by atoms with Gasteiger partial charge in [0, 0.05) is 30.1 Å². The molecule has 0 saturated heterocycles. The van der Waals surface area contributed by atoms with E-state index in [0.717, 1.165) is 5.56 Å². The van der Waals surface area contributed by atoms with Gasteiger partial charge in [0.1, 0.15) is 0 Å². The summed E-state index contributed by atoms with van der Waals surface area (Å²) in [5, 5.41) is 22.0.